The Morgan fingerprint density at radius 1 is 1.33 bits per heavy atom. The third-order valence-electron chi connectivity index (χ3n) is 4.62. The number of nitrogens with zero attached hydrogens (tertiary/aromatic N) is 2. The third kappa shape index (κ3) is 3.64. The zero-order valence-corrected chi connectivity index (χ0v) is 13.8. The summed E-state index contributed by atoms with van der Waals surface area (Å²) in [5.41, 5.74) is 3.09. The lowest BCUT2D eigenvalue weighted by Crippen LogP contribution is -2.54. The molecule has 118 valence electrons. The van der Waals surface area contributed by atoms with Gasteiger partial charge in [-0.05, 0) is 72.0 Å². The minimum Gasteiger partial charge on any atom is -0.354 e. The van der Waals surface area contributed by atoms with Crippen molar-refractivity contribution in [3.63, 3.8) is 0 Å². The van der Waals surface area contributed by atoms with E-state index in [2.05, 4.69) is 20.4 Å². The molecule has 5 heteroatoms. The molecule has 2 N–H and O–H groups in total. The molecular formula is C16H28N4O. The van der Waals surface area contributed by atoms with Gasteiger partial charge in [-0.3, -0.25) is 14.8 Å². The van der Waals surface area contributed by atoms with Crippen LogP contribution >= 0.6 is 0 Å². The molecule has 1 aromatic rings. The van der Waals surface area contributed by atoms with Crippen LogP contribution in [0.25, 0.3) is 0 Å². The highest BCUT2D eigenvalue weighted by atomic mass is 16.2. The second kappa shape index (κ2) is 6.60. The molecule has 1 aliphatic heterocycles. The minimum absolute atomic E-state index is 0.144. The standard InChI is InChI=1S/C16H28N4O/c1-12-14(13(2)19-18-12)8-7-9-17-15(21)16(3,4)20-10-5-6-11-20/h5-11H2,1-4H3,(H,17,21)(H,18,19). The fourth-order valence-corrected chi connectivity index (χ4v) is 3.05. The molecule has 0 radical (unpaired) electrons. The van der Waals surface area contributed by atoms with E-state index >= 15 is 0 Å². The van der Waals surface area contributed by atoms with E-state index in [1.807, 2.05) is 27.7 Å². The molecule has 1 aromatic heterocycles. The first-order valence-electron chi connectivity index (χ1n) is 7.96. The Bertz CT molecular complexity index is 467. The van der Waals surface area contributed by atoms with Gasteiger partial charge in [0.15, 0.2) is 0 Å². The first-order valence-corrected chi connectivity index (χ1v) is 7.96. The van der Waals surface area contributed by atoms with Gasteiger partial charge in [0.05, 0.1) is 11.2 Å². The molecule has 5 nitrogen and oxygen atoms in total. The highest BCUT2D eigenvalue weighted by Crippen LogP contribution is 2.21. The van der Waals surface area contributed by atoms with E-state index < -0.39 is 5.54 Å². The molecule has 1 saturated heterocycles. The summed E-state index contributed by atoms with van der Waals surface area (Å²) in [6, 6.07) is 0. The number of hydrogen-bond acceptors (Lipinski definition) is 3. The summed E-state index contributed by atoms with van der Waals surface area (Å²) >= 11 is 0. The topological polar surface area (TPSA) is 61.0 Å². The van der Waals surface area contributed by atoms with E-state index in [0.717, 1.165) is 43.9 Å². The fraction of sp³-hybridized carbons (Fsp3) is 0.750. The molecular weight excluding hydrogens is 264 g/mol. The normalized spacial score (nSPS) is 16.4. The molecule has 21 heavy (non-hydrogen) atoms. The summed E-state index contributed by atoms with van der Waals surface area (Å²) in [7, 11) is 0. The van der Waals surface area contributed by atoms with Crippen molar-refractivity contribution in [2.24, 2.45) is 0 Å². The summed E-state index contributed by atoms with van der Waals surface area (Å²) in [4.78, 5) is 14.7. The van der Waals surface area contributed by atoms with Crippen LogP contribution in [0, 0.1) is 13.8 Å². The monoisotopic (exact) mass is 292 g/mol. The first kappa shape index (κ1) is 16.0. The zero-order chi connectivity index (χ0) is 15.5. The average molecular weight is 292 g/mol. The van der Waals surface area contributed by atoms with Gasteiger partial charge >= 0.3 is 0 Å². The van der Waals surface area contributed by atoms with Crippen LogP contribution in [0.5, 0.6) is 0 Å². The van der Waals surface area contributed by atoms with Crippen LogP contribution < -0.4 is 5.32 Å². The van der Waals surface area contributed by atoms with Crippen LogP contribution in [0.3, 0.4) is 0 Å². The maximum atomic E-state index is 12.4. The zero-order valence-electron chi connectivity index (χ0n) is 13.8. The molecule has 1 amide bonds. The molecule has 2 heterocycles. The van der Waals surface area contributed by atoms with Crippen molar-refractivity contribution in [3.8, 4) is 0 Å². The largest absolute Gasteiger partial charge is 0.354 e. The van der Waals surface area contributed by atoms with E-state index in [0.29, 0.717) is 0 Å². The van der Waals surface area contributed by atoms with Gasteiger partial charge in [0.1, 0.15) is 0 Å². The summed E-state index contributed by atoms with van der Waals surface area (Å²) in [5, 5.41) is 10.3. The lowest BCUT2D eigenvalue weighted by atomic mass is 10.0. The molecule has 2 rings (SSSR count). The number of amides is 1. The molecule has 0 aromatic carbocycles. The maximum Gasteiger partial charge on any atom is 0.239 e. The van der Waals surface area contributed by atoms with Crippen LogP contribution in [0.4, 0.5) is 0 Å². The van der Waals surface area contributed by atoms with E-state index in [4.69, 9.17) is 0 Å². The van der Waals surface area contributed by atoms with Gasteiger partial charge in [-0.15, -0.1) is 0 Å². The Morgan fingerprint density at radius 2 is 2.00 bits per heavy atom. The minimum atomic E-state index is -0.391. The highest BCUT2D eigenvalue weighted by Gasteiger charge is 2.35. The predicted molar refractivity (Wildman–Crippen MR) is 84.3 cm³/mol. The van der Waals surface area contributed by atoms with Crippen molar-refractivity contribution in [2.75, 3.05) is 19.6 Å². The number of aromatic amines is 1. The lowest BCUT2D eigenvalue weighted by Gasteiger charge is -2.33. The summed E-state index contributed by atoms with van der Waals surface area (Å²) < 4.78 is 0. The molecule has 1 fully saturated rings. The highest BCUT2D eigenvalue weighted by molar-refractivity contribution is 5.85. The number of aryl methyl sites for hydroxylation is 2. The van der Waals surface area contributed by atoms with Crippen molar-refractivity contribution >= 4 is 5.91 Å². The molecule has 1 aliphatic rings. The van der Waals surface area contributed by atoms with Crippen molar-refractivity contribution in [1.82, 2.24) is 20.4 Å². The number of H-pyrrole nitrogens is 1. The van der Waals surface area contributed by atoms with Gasteiger partial charge < -0.3 is 5.32 Å². The van der Waals surface area contributed by atoms with Crippen LogP contribution in [0.15, 0.2) is 0 Å². The van der Waals surface area contributed by atoms with Crippen LogP contribution in [0.1, 0.15) is 50.1 Å². The predicted octanol–water partition coefficient (Wildman–Crippen LogP) is 1.95. The number of likely N-dealkylation sites (tertiary alicyclic amines) is 1. The van der Waals surface area contributed by atoms with Crippen molar-refractivity contribution in [3.05, 3.63) is 17.0 Å². The van der Waals surface area contributed by atoms with Gasteiger partial charge in [-0.25, -0.2) is 0 Å². The smallest absolute Gasteiger partial charge is 0.239 e. The Labute approximate surface area is 127 Å². The molecule has 0 atom stereocenters. The van der Waals surface area contributed by atoms with Gasteiger partial charge in [0, 0.05) is 12.2 Å². The van der Waals surface area contributed by atoms with Crippen LogP contribution in [0.2, 0.25) is 0 Å². The number of carbonyl (C=O) groups is 1. The van der Waals surface area contributed by atoms with E-state index in [1.165, 1.54) is 18.4 Å². The van der Waals surface area contributed by atoms with Crippen molar-refractivity contribution in [1.29, 1.82) is 0 Å². The molecule has 0 bridgehead atoms. The fourth-order valence-electron chi connectivity index (χ4n) is 3.05. The summed E-state index contributed by atoms with van der Waals surface area (Å²) in [5.74, 6) is 0.144. The Morgan fingerprint density at radius 3 is 2.57 bits per heavy atom. The van der Waals surface area contributed by atoms with Crippen molar-refractivity contribution < 1.29 is 4.79 Å². The summed E-state index contributed by atoms with van der Waals surface area (Å²) in [6.45, 7) is 10.9. The Hall–Kier alpha value is -1.36. The van der Waals surface area contributed by atoms with Crippen molar-refractivity contribution in [2.45, 2.75) is 58.9 Å². The molecule has 0 saturated carbocycles. The second-order valence-corrected chi connectivity index (χ2v) is 6.53. The number of hydrogen-bond donors (Lipinski definition) is 2. The van der Waals surface area contributed by atoms with Gasteiger partial charge in [-0.1, -0.05) is 0 Å². The van der Waals surface area contributed by atoms with Gasteiger partial charge in [0.2, 0.25) is 5.91 Å². The van der Waals surface area contributed by atoms with E-state index in [1.54, 1.807) is 0 Å². The van der Waals surface area contributed by atoms with E-state index in [-0.39, 0.29) is 5.91 Å². The Balaban J connectivity index is 1.76. The van der Waals surface area contributed by atoms with Crippen LogP contribution in [-0.2, 0) is 11.2 Å². The van der Waals surface area contributed by atoms with E-state index in [9.17, 15) is 4.79 Å². The van der Waals surface area contributed by atoms with Gasteiger partial charge in [0.25, 0.3) is 0 Å². The summed E-state index contributed by atoms with van der Waals surface area (Å²) in [6.07, 6.45) is 4.31. The molecule has 0 aliphatic carbocycles. The van der Waals surface area contributed by atoms with Gasteiger partial charge in [-0.2, -0.15) is 5.10 Å². The number of nitrogens with one attached hydrogen (secondary N) is 2. The third-order valence-corrected chi connectivity index (χ3v) is 4.62. The number of rotatable bonds is 6. The molecule has 0 unspecified atom stereocenters. The maximum absolute atomic E-state index is 12.4. The number of carbonyl (C=O) groups excluding carboxylic acids is 1. The lowest BCUT2D eigenvalue weighted by molar-refractivity contribution is -0.131. The second-order valence-electron chi connectivity index (χ2n) is 6.53. The molecule has 0 spiro atoms. The number of aromatic nitrogens is 2. The SMILES string of the molecule is Cc1n[nH]c(C)c1CCCNC(=O)C(C)(C)N1CCCC1. The average Bonchev–Trinajstić information content (AvgIpc) is 3.07. The van der Waals surface area contributed by atoms with Crippen LogP contribution in [-0.4, -0.2) is 46.2 Å². The quantitative estimate of drug-likeness (QED) is 0.788. The Kier molecular flexibility index (Phi) is 5.04. The first-order chi connectivity index (χ1) is 9.93.